The molecule has 0 atom stereocenters. The lowest BCUT2D eigenvalue weighted by Gasteiger charge is -2.08. The topological polar surface area (TPSA) is 74.6 Å². The summed E-state index contributed by atoms with van der Waals surface area (Å²) in [5.74, 6) is 0. The Morgan fingerprint density at radius 2 is 1.65 bits per heavy atom. The highest BCUT2D eigenvalue weighted by Gasteiger charge is 2.14. The second kappa shape index (κ2) is 4.44. The molecule has 0 radical (unpaired) electrons. The van der Waals surface area contributed by atoms with Crippen LogP contribution in [0.4, 0.5) is 0 Å². The smallest absolute Gasteiger partial charge is 0.295 e. The van der Waals surface area contributed by atoms with Gasteiger partial charge in [0.2, 0.25) is 0 Å². The van der Waals surface area contributed by atoms with Crippen molar-refractivity contribution in [3.8, 4) is 0 Å². The zero-order chi connectivity index (χ0) is 12.5. The second-order valence-electron chi connectivity index (χ2n) is 3.72. The summed E-state index contributed by atoms with van der Waals surface area (Å²) in [5.41, 5.74) is 0.857. The maximum atomic E-state index is 11.2. The molecule has 2 aromatic rings. The first-order chi connectivity index (χ1) is 8.04. The van der Waals surface area contributed by atoms with Gasteiger partial charge in [0.15, 0.2) is 0 Å². The molecule has 2 N–H and O–H groups in total. The van der Waals surface area contributed by atoms with E-state index in [1.54, 1.807) is 30.3 Å². The molecule has 2 rings (SSSR count). The number of rotatable bonds is 3. The fourth-order valence-electron chi connectivity index (χ4n) is 1.90. The summed E-state index contributed by atoms with van der Waals surface area (Å²) in [7, 11) is -4.22. The first kappa shape index (κ1) is 12.0. The van der Waals surface area contributed by atoms with Gasteiger partial charge in [-0.2, -0.15) is 8.42 Å². The monoisotopic (exact) mass is 252 g/mol. The van der Waals surface area contributed by atoms with Crippen LogP contribution in [0.25, 0.3) is 10.8 Å². The molecule has 2 aromatic carbocycles. The Hall–Kier alpha value is -1.43. The van der Waals surface area contributed by atoms with Crippen LogP contribution in [-0.4, -0.2) is 24.7 Å². The van der Waals surface area contributed by atoms with Gasteiger partial charge in [0.05, 0.1) is 0 Å². The predicted octanol–water partition coefficient (Wildman–Crippen LogP) is 1.62. The molecule has 0 aliphatic carbocycles. The lowest BCUT2D eigenvalue weighted by Crippen LogP contribution is -2.01. The summed E-state index contributed by atoms with van der Waals surface area (Å²) in [5, 5.41) is 10.1. The highest BCUT2D eigenvalue weighted by atomic mass is 32.2. The van der Waals surface area contributed by atoms with E-state index in [4.69, 9.17) is 9.66 Å². The first-order valence-corrected chi connectivity index (χ1v) is 6.57. The highest BCUT2D eigenvalue weighted by molar-refractivity contribution is 7.86. The van der Waals surface area contributed by atoms with Crippen LogP contribution in [0, 0.1) is 0 Å². The Balaban J connectivity index is 2.80. The van der Waals surface area contributed by atoms with E-state index >= 15 is 0 Å². The number of hydrogen-bond donors (Lipinski definition) is 2. The van der Waals surface area contributed by atoms with Crippen molar-refractivity contribution in [2.45, 2.75) is 11.3 Å². The molecule has 0 heterocycles. The third-order valence-electron chi connectivity index (χ3n) is 2.63. The van der Waals surface area contributed by atoms with Crippen LogP contribution in [0.3, 0.4) is 0 Å². The van der Waals surface area contributed by atoms with Crippen molar-refractivity contribution in [3.63, 3.8) is 0 Å². The molecule has 17 heavy (non-hydrogen) atoms. The summed E-state index contributed by atoms with van der Waals surface area (Å²) in [4.78, 5) is -0.102. The van der Waals surface area contributed by atoms with E-state index in [0.717, 1.165) is 10.9 Å². The van der Waals surface area contributed by atoms with Crippen LogP contribution in [0.1, 0.15) is 5.56 Å². The van der Waals surface area contributed by atoms with Crippen LogP contribution >= 0.6 is 0 Å². The third kappa shape index (κ3) is 2.31. The largest absolute Gasteiger partial charge is 0.396 e. The first-order valence-electron chi connectivity index (χ1n) is 5.13. The number of fused-ring (bicyclic) bond motifs is 1. The number of aliphatic hydroxyl groups excluding tert-OH is 1. The van der Waals surface area contributed by atoms with Crippen molar-refractivity contribution in [2.24, 2.45) is 0 Å². The molecule has 0 bridgehead atoms. The lowest BCUT2D eigenvalue weighted by atomic mass is 10.0. The van der Waals surface area contributed by atoms with E-state index in [-0.39, 0.29) is 11.5 Å². The van der Waals surface area contributed by atoms with Crippen molar-refractivity contribution < 1.29 is 18.1 Å². The lowest BCUT2D eigenvalue weighted by molar-refractivity contribution is 0.300. The Morgan fingerprint density at radius 3 is 2.24 bits per heavy atom. The minimum atomic E-state index is -4.22. The van der Waals surface area contributed by atoms with Gasteiger partial charge in [-0.25, -0.2) is 0 Å². The van der Waals surface area contributed by atoms with E-state index in [1.165, 1.54) is 6.07 Å². The molecule has 0 aliphatic rings. The van der Waals surface area contributed by atoms with Crippen LogP contribution < -0.4 is 0 Å². The molecular weight excluding hydrogens is 240 g/mol. The van der Waals surface area contributed by atoms with E-state index < -0.39 is 10.1 Å². The number of benzene rings is 2. The van der Waals surface area contributed by atoms with Gasteiger partial charge < -0.3 is 5.11 Å². The summed E-state index contributed by atoms with van der Waals surface area (Å²) in [6.45, 7) is -0.00475. The molecule has 0 spiro atoms. The molecule has 0 fully saturated rings. The highest BCUT2D eigenvalue weighted by Crippen LogP contribution is 2.26. The van der Waals surface area contributed by atoms with Crippen molar-refractivity contribution in [1.82, 2.24) is 0 Å². The van der Waals surface area contributed by atoms with Crippen molar-refractivity contribution >= 4 is 20.9 Å². The third-order valence-corrected chi connectivity index (χ3v) is 3.55. The van der Waals surface area contributed by atoms with Crippen molar-refractivity contribution in [3.05, 3.63) is 42.0 Å². The molecule has 5 heteroatoms. The SMILES string of the molecule is O=S(=O)(O)c1ccc(CCO)c2ccccc12. The quantitative estimate of drug-likeness (QED) is 0.814. The molecule has 0 saturated heterocycles. The zero-order valence-electron chi connectivity index (χ0n) is 9.00. The molecule has 0 aromatic heterocycles. The Bertz CT molecular complexity index is 647. The van der Waals surface area contributed by atoms with Gasteiger partial charge in [0.1, 0.15) is 4.90 Å². The van der Waals surface area contributed by atoms with E-state index in [0.29, 0.717) is 11.8 Å². The Labute approximate surface area is 99.3 Å². The second-order valence-corrected chi connectivity index (χ2v) is 5.11. The zero-order valence-corrected chi connectivity index (χ0v) is 9.81. The van der Waals surface area contributed by atoms with E-state index in [2.05, 4.69) is 0 Å². The summed E-state index contributed by atoms with van der Waals surface area (Å²) in [6.07, 6.45) is 0.451. The predicted molar refractivity (Wildman–Crippen MR) is 64.6 cm³/mol. The molecule has 90 valence electrons. The number of hydrogen-bond acceptors (Lipinski definition) is 3. The van der Waals surface area contributed by atoms with E-state index in [9.17, 15) is 8.42 Å². The van der Waals surface area contributed by atoms with Gasteiger partial charge in [-0.3, -0.25) is 4.55 Å². The Kier molecular flexibility index (Phi) is 3.15. The average molecular weight is 252 g/mol. The van der Waals surface area contributed by atoms with Gasteiger partial charge in [0.25, 0.3) is 10.1 Å². The van der Waals surface area contributed by atoms with Crippen LogP contribution in [-0.2, 0) is 16.5 Å². The van der Waals surface area contributed by atoms with Gasteiger partial charge in [0, 0.05) is 12.0 Å². The van der Waals surface area contributed by atoms with Crippen LogP contribution in [0.15, 0.2) is 41.3 Å². The normalized spacial score (nSPS) is 11.9. The molecule has 0 amide bonds. The minimum Gasteiger partial charge on any atom is -0.396 e. The van der Waals surface area contributed by atoms with Crippen molar-refractivity contribution in [2.75, 3.05) is 6.61 Å². The van der Waals surface area contributed by atoms with Crippen molar-refractivity contribution in [1.29, 1.82) is 0 Å². The minimum absolute atomic E-state index is 0.00475. The fourth-order valence-corrected chi connectivity index (χ4v) is 2.59. The summed E-state index contributed by atoms with van der Waals surface area (Å²) in [6, 6.07) is 9.88. The van der Waals surface area contributed by atoms with Gasteiger partial charge >= 0.3 is 0 Å². The summed E-state index contributed by atoms with van der Waals surface area (Å²) < 4.78 is 31.6. The summed E-state index contributed by atoms with van der Waals surface area (Å²) >= 11 is 0. The molecule has 0 saturated carbocycles. The van der Waals surface area contributed by atoms with E-state index in [1.807, 2.05) is 0 Å². The van der Waals surface area contributed by atoms with Gasteiger partial charge in [-0.1, -0.05) is 30.3 Å². The van der Waals surface area contributed by atoms with Gasteiger partial charge in [-0.05, 0) is 23.4 Å². The maximum Gasteiger partial charge on any atom is 0.295 e. The average Bonchev–Trinajstić information content (AvgIpc) is 2.28. The van der Waals surface area contributed by atoms with Crippen LogP contribution in [0.2, 0.25) is 0 Å². The fraction of sp³-hybridized carbons (Fsp3) is 0.167. The molecule has 0 unspecified atom stereocenters. The molecule has 4 nitrogen and oxygen atoms in total. The molecule has 0 aliphatic heterocycles. The molecular formula is C12H12O4S. The number of aliphatic hydroxyl groups is 1. The standard InChI is InChI=1S/C12H12O4S/c13-8-7-9-5-6-12(17(14,15)16)11-4-2-1-3-10(9)11/h1-6,13H,7-8H2,(H,14,15,16). The van der Waals surface area contributed by atoms with Crippen LogP contribution in [0.5, 0.6) is 0 Å². The Morgan fingerprint density at radius 1 is 1.00 bits per heavy atom. The maximum absolute atomic E-state index is 11.2. The van der Waals surface area contributed by atoms with Gasteiger partial charge in [-0.15, -0.1) is 0 Å².